The molecule has 0 bridgehead atoms. The number of piperazine rings is 1. The molecule has 1 atom stereocenters. The Labute approximate surface area is 159 Å². The summed E-state index contributed by atoms with van der Waals surface area (Å²) in [5.74, 6) is -0.0114. The zero-order chi connectivity index (χ0) is 18.7. The van der Waals surface area contributed by atoms with Crippen LogP contribution < -0.4 is 0 Å². The molecule has 2 aliphatic heterocycles. The van der Waals surface area contributed by atoms with Crippen molar-refractivity contribution in [3.63, 3.8) is 0 Å². The summed E-state index contributed by atoms with van der Waals surface area (Å²) in [7, 11) is -3.57. The van der Waals surface area contributed by atoms with Crippen LogP contribution in [0.4, 0.5) is 0 Å². The Bertz CT molecular complexity index is 733. The normalized spacial score (nSPS) is 23.2. The predicted octanol–water partition coefficient (Wildman–Crippen LogP) is 0.630. The maximum Gasteiger partial charge on any atom is 0.243 e. The molecule has 0 saturated carbocycles. The fourth-order valence-electron chi connectivity index (χ4n) is 3.40. The maximum absolute atomic E-state index is 12.7. The molecule has 2 heterocycles. The lowest BCUT2D eigenvalue weighted by molar-refractivity contribution is -0.134. The van der Waals surface area contributed by atoms with Crippen LogP contribution in [0.25, 0.3) is 0 Å². The van der Waals surface area contributed by atoms with Gasteiger partial charge in [-0.2, -0.15) is 4.31 Å². The van der Waals surface area contributed by atoms with Crippen LogP contribution in [-0.2, 0) is 14.8 Å². The predicted molar refractivity (Wildman–Crippen MR) is 98.5 cm³/mol. The van der Waals surface area contributed by atoms with E-state index in [0.29, 0.717) is 24.7 Å². The van der Waals surface area contributed by atoms with Crippen LogP contribution in [0.15, 0.2) is 29.2 Å². The van der Waals surface area contributed by atoms with Gasteiger partial charge in [0.05, 0.1) is 17.5 Å². The third-order valence-electron chi connectivity index (χ3n) is 4.88. The Morgan fingerprint density at radius 3 is 2.38 bits per heavy atom. The Morgan fingerprint density at radius 1 is 1.12 bits per heavy atom. The first-order chi connectivity index (χ1) is 12.4. The van der Waals surface area contributed by atoms with Crippen molar-refractivity contribution < 1.29 is 18.3 Å². The monoisotopic (exact) mass is 401 g/mol. The van der Waals surface area contributed by atoms with Gasteiger partial charge in [0, 0.05) is 37.7 Å². The molecule has 0 radical (unpaired) electrons. The van der Waals surface area contributed by atoms with Gasteiger partial charge < -0.3 is 10.0 Å². The standard InChI is InChI=1S/C17H24ClN3O4S/c18-14-3-5-16(6-4-14)26(24,25)21-10-8-20(9-11-21)17(23)13-19-7-1-2-15(22)12-19/h3-6,15,22H,1-2,7-13H2. The molecule has 0 aliphatic carbocycles. The number of amides is 1. The minimum Gasteiger partial charge on any atom is -0.392 e. The zero-order valence-corrected chi connectivity index (χ0v) is 16.1. The summed E-state index contributed by atoms with van der Waals surface area (Å²) in [6.07, 6.45) is 1.31. The number of benzene rings is 1. The Kier molecular flexibility index (Phi) is 6.19. The van der Waals surface area contributed by atoms with Crippen molar-refractivity contribution in [3.8, 4) is 0 Å². The quantitative estimate of drug-likeness (QED) is 0.800. The average Bonchev–Trinajstić information content (AvgIpc) is 2.62. The van der Waals surface area contributed by atoms with E-state index in [4.69, 9.17) is 11.6 Å². The van der Waals surface area contributed by atoms with Gasteiger partial charge in [0.1, 0.15) is 0 Å². The van der Waals surface area contributed by atoms with Gasteiger partial charge in [-0.1, -0.05) is 11.6 Å². The molecule has 9 heteroatoms. The number of carbonyl (C=O) groups is 1. The van der Waals surface area contributed by atoms with E-state index < -0.39 is 10.0 Å². The van der Waals surface area contributed by atoms with Crippen LogP contribution in [0.1, 0.15) is 12.8 Å². The van der Waals surface area contributed by atoms with Gasteiger partial charge in [-0.05, 0) is 43.7 Å². The molecule has 1 amide bonds. The number of aliphatic hydroxyl groups is 1. The molecular weight excluding hydrogens is 378 g/mol. The number of nitrogens with zero attached hydrogens (tertiary/aromatic N) is 3. The second-order valence-corrected chi connectivity index (χ2v) is 9.14. The number of β-amino-alcohol motifs (C(OH)–C–C–N with tert-alkyl or cyclic N) is 1. The summed E-state index contributed by atoms with van der Waals surface area (Å²) >= 11 is 5.82. The number of hydrogen-bond donors (Lipinski definition) is 1. The maximum atomic E-state index is 12.7. The van der Waals surface area contributed by atoms with E-state index in [0.717, 1.165) is 19.4 Å². The summed E-state index contributed by atoms with van der Waals surface area (Å²) in [4.78, 5) is 16.3. The van der Waals surface area contributed by atoms with Gasteiger partial charge in [-0.15, -0.1) is 0 Å². The van der Waals surface area contributed by atoms with Crippen LogP contribution in [0.2, 0.25) is 5.02 Å². The number of hydrogen-bond acceptors (Lipinski definition) is 5. The molecule has 2 fully saturated rings. The van der Waals surface area contributed by atoms with Crippen molar-refractivity contribution in [2.75, 3.05) is 45.8 Å². The van der Waals surface area contributed by atoms with Crippen molar-refractivity contribution in [1.82, 2.24) is 14.1 Å². The molecule has 3 rings (SSSR count). The number of likely N-dealkylation sites (tertiary alicyclic amines) is 1. The molecule has 144 valence electrons. The summed E-state index contributed by atoms with van der Waals surface area (Å²) in [6.45, 7) is 2.92. The minimum absolute atomic E-state index is 0.0114. The molecular formula is C17H24ClN3O4S. The molecule has 0 spiro atoms. The van der Waals surface area contributed by atoms with Gasteiger partial charge in [0.2, 0.25) is 15.9 Å². The van der Waals surface area contributed by atoms with E-state index in [9.17, 15) is 18.3 Å². The van der Waals surface area contributed by atoms with Gasteiger partial charge in [-0.25, -0.2) is 8.42 Å². The van der Waals surface area contributed by atoms with Crippen molar-refractivity contribution >= 4 is 27.5 Å². The van der Waals surface area contributed by atoms with E-state index in [1.54, 1.807) is 17.0 Å². The van der Waals surface area contributed by atoms with Gasteiger partial charge in [0.25, 0.3) is 0 Å². The first kappa shape index (κ1) is 19.6. The van der Waals surface area contributed by atoms with E-state index in [1.165, 1.54) is 16.4 Å². The molecule has 0 aromatic heterocycles. The van der Waals surface area contributed by atoms with Crippen LogP contribution >= 0.6 is 11.6 Å². The number of rotatable bonds is 4. The SMILES string of the molecule is O=C(CN1CCCC(O)C1)N1CCN(S(=O)(=O)c2ccc(Cl)cc2)CC1. The Morgan fingerprint density at radius 2 is 1.77 bits per heavy atom. The Hall–Kier alpha value is -1.19. The van der Waals surface area contributed by atoms with Crippen LogP contribution in [0, 0.1) is 0 Å². The van der Waals surface area contributed by atoms with Crippen molar-refractivity contribution in [2.45, 2.75) is 23.8 Å². The van der Waals surface area contributed by atoms with Crippen LogP contribution in [-0.4, -0.2) is 85.5 Å². The second kappa shape index (κ2) is 8.22. The first-order valence-corrected chi connectivity index (χ1v) is 10.6. The second-order valence-electron chi connectivity index (χ2n) is 6.77. The lowest BCUT2D eigenvalue weighted by atomic mass is 10.1. The highest BCUT2D eigenvalue weighted by Crippen LogP contribution is 2.20. The molecule has 7 nitrogen and oxygen atoms in total. The first-order valence-electron chi connectivity index (χ1n) is 8.80. The topological polar surface area (TPSA) is 81.2 Å². The third-order valence-corrected chi connectivity index (χ3v) is 7.05. The van der Waals surface area contributed by atoms with Crippen molar-refractivity contribution in [2.24, 2.45) is 0 Å². The highest BCUT2D eigenvalue weighted by atomic mass is 35.5. The van der Waals surface area contributed by atoms with Crippen molar-refractivity contribution in [1.29, 1.82) is 0 Å². The van der Waals surface area contributed by atoms with Gasteiger partial charge in [0.15, 0.2) is 0 Å². The lowest BCUT2D eigenvalue weighted by Gasteiger charge is -2.36. The summed E-state index contributed by atoms with van der Waals surface area (Å²) in [5, 5.41) is 10.2. The van der Waals surface area contributed by atoms with E-state index in [1.807, 2.05) is 4.90 Å². The number of piperidine rings is 1. The molecule has 26 heavy (non-hydrogen) atoms. The lowest BCUT2D eigenvalue weighted by Crippen LogP contribution is -2.53. The third kappa shape index (κ3) is 4.55. The fourth-order valence-corrected chi connectivity index (χ4v) is 4.95. The summed E-state index contributed by atoms with van der Waals surface area (Å²) in [5.41, 5.74) is 0. The summed E-state index contributed by atoms with van der Waals surface area (Å²) < 4.78 is 26.8. The van der Waals surface area contributed by atoms with Crippen LogP contribution in [0.5, 0.6) is 0 Å². The molecule has 2 saturated heterocycles. The average molecular weight is 402 g/mol. The molecule has 1 aromatic carbocycles. The smallest absolute Gasteiger partial charge is 0.243 e. The molecule has 1 unspecified atom stereocenters. The minimum atomic E-state index is -3.57. The summed E-state index contributed by atoms with van der Waals surface area (Å²) in [6, 6.07) is 6.11. The largest absolute Gasteiger partial charge is 0.392 e. The molecule has 2 aliphatic rings. The zero-order valence-electron chi connectivity index (χ0n) is 14.6. The number of carbonyl (C=O) groups excluding carboxylic acids is 1. The van der Waals surface area contributed by atoms with E-state index >= 15 is 0 Å². The van der Waals surface area contributed by atoms with Gasteiger partial charge in [-0.3, -0.25) is 9.69 Å². The fraction of sp³-hybridized carbons (Fsp3) is 0.588. The number of sulfonamides is 1. The van der Waals surface area contributed by atoms with E-state index in [2.05, 4.69) is 0 Å². The molecule has 1 aromatic rings. The number of aliphatic hydroxyl groups excluding tert-OH is 1. The molecule has 1 N–H and O–H groups in total. The highest BCUT2D eigenvalue weighted by Gasteiger charge is 2.31. The van der Waals surface area contributed by atoms with E-state index in [-0.39, 0.29) is 36.5 Å². The van der Waals surface area contributed by atoms with Crippen LogP contribution in [0.3, 0.4) is 0 Å². The Balaban J connectivity index is 1.55. The van der Waals surface area contributed by atoms with Crippen molar-refractivity contribution in [3.05, 3.63) is 29.3 Å². The number of halogens is 1. The van der Waals surface area contributed by atoms with Gasteiger partial charge >= 0.3 is 0 Å². The highest BCUT2D eigenvalue weighted by molar-refractivity contribution is 7.89.